The largest absolute Gasteiger partial charge is 0.496 e. The molecular weight excluding hydrogens is 268 g/mol. The van der Waals surface area contributed by atoms with Crippen LogP contribution in [-0.2, 0) is 13.0 Å². The van der Waals surface area contributed by atoms with Gasteiger partial charge in [-0.15, -0.1) is 5.10 Å². The van der Waals surface area contributed by atoms with Crippen LogP contribution in [0.5, 0.6) is 5.75 Å². The molecule has 0 N–H and O–H groups in total. The molecule has 0 fully saturated rings. The first-order chi connectivity index (χ1) is 10.3. The number of methoxy groups -OCH3 is 1. The molecule has 2 heterocycles. The van der Waals surface area contributed by atoms with Crippen LogP contribution in [-0.4, -0.2) is 27.3 Å². The van der Waals surface area contributed by atoms with Gasteiger partial charge in [0.2, 0.25) is 0 Å². The zero-order valence-electron chi connectivity index (χ0n) is 12.0. The predicted octanol–water partition coefficient (Wildman–Crippen LogP) is 2.55. The Hall–Kier alpha value is -2.63. The zero-order chi connectivity index (χ0) is 14.7. The van der Waals surface area contributed by atoms with Crippen LogP contribution in [0.15, 0.2) is 41.2 Å². The first-order valence-electron chi connectivity index (χ1n) is 6.77. The van der Waals surface area contributed by atoms with Crippen LogP contribution in [0.25, 0.3) is 11.3 Å². The molecule has 1 aromatic carbocycles. The summed E-state index contributed by atoms with van der Waals surface area (Å²) >= 11 is 0. The van der Waals surface area contributed by atoms with Crippen LogP contribution in [0, 0.1) is 0 Å². The van der Waals surface area contributed by atoms with Crippen molar-refractivity contribution in [2.45, 2.75) is 19.9 Å². The SMILES string of the molecule is CCc1nocc1Cn1cc(-c2ccccc2OC)nn1. The lowest BCUT2D eigenvalue weighted by Crippen LogP contribution is -2.01. The van der Waals surface area contributed by atoms with Crippen LogP contribution in [0.2, 0.25) is 0 Å². The van der Waals surface area contributed by atoms with Gasteiger partial charge in [-0.25, -0.2) is 4.68 Å². The summed E-state index contributed by atoms with van der Waals surface area (Å²) in [5.74, 6) is 0.781. The molecule has 0 unspecified atom stereocenters. The standard InChI is InChI=1S/C15H16N4O2/c1-3-13-11(10-21-17-13)8-19-9-14(16-18-19)12-6-4-5-7-15(12)20-2/h4-7,9-10H,3,8H2,1-2H3. The van der Waals surface area contributed by atoms with E-state index in [9.17, 15) is 0 Å². The number of hydrogen-bond donors (Lipinski definition) is 0. The molecule has 0 bridgehead atoms. The fourth-order valence-electron chi connectivity index (χ4n) is 2.23. The molecule has 0 saturated heterocycles. The molecule has 0 aliphatic heterocycles. The van der Waals surface area contributed by atoms with Gasteiger partial charge in [0.05, 0.1) is 25.5 Å². The highest BCUT2D eigenvalue weighted by Crippen LogP contribution is 2.27. The Balaban J connectivity index is 1.87. The van der Waals surface area contributed by atoms with Crippen molar-refractivity contribution in [1.29, 1.82) is 0 Å². The lowest BCUT2D eigenvalue weighted by molar-refractivity contribution is 0.411. The first-order valence-corrected chi connectivity index (χ1v) is 6.77. The van der Waals surface area contributed by atoms with E-state index in [1.165, 1.54) is 0 Å². The smallest absolute Gasteiger partial charge is 0.129 e. The molecule has 108 valence electrons. The highest BCUT2D eigenvalue weighted by atomic mass is 16.5. The molecule has 2 aromatic heterocycles. The van der Waals surface area contributed by atoms with E-state index < -0.39 is 0 Å². The van der Waals surface area contributed by atoms with Crippen molar-refractivity contribution in [2.75, 3.05) is 7.11 Å². The number of para-hydroxylation sites is 1. The Kier molecular flexibility index (Phi) is 3.68. The number of aryl methyl sites for hydroxylation is 1. The highest BCUT2D eigenvalue weighted by molar-refractivity contribution is 5.65. The molecule has 3 rings (SSSR count). The molecule has 6 nitrogen and oxygen atoms in total. The average molecular weight is 284 g/mol. The van der Waals surface area contributed by atoms with E-state index in [1.807, 2.05) is 37.4 Å². The Bertz CT molecular complexity index is 733. The van der Waals surface area contributed by atoms with Crippen LogP contribution in [0.3, 0.4) is 0 Å². The highest BCUT2D eigenvalue weighted by Gasteiger charge is 2.11. The Morgan fingerprint density at radius 2 is 2.14 bits per heavy atom. The summed E-state index contributed by atoms with van der Waals surface area (Å²) < 4.78 is 12.1. The number of aromatic nitrogens is 4. The van der Waals surface area contributed by atoms with Crippen molar-refractivity contribution >= 4 is 0 Å². The molecule has 0 spiro atoms. The zero-order valence-corrected chi connectivity index (χ0v) is 12.0. The van der Waals surface area contributed by atoms with Crippen LogP contribution in [0.4, 0.5) is 0 Å². The normalized spacial score (nSPS) is 10.8. The molecule has 0 aliphatic carbocycles. The maximum Gasteiger partial charge on any atom is 0.129 e. The molecule has 0 atom stereocenters. The maximum absolute atomic E-state index is 5.35. The summed E-state index contributed by atoms with van der Waals surface area (Å²) in [7, 11) is 1.65. The molecule has 0 aliphatic rings. The van der Waals surface area contributed by atoms with E-state index in [4.69, 9.17) is 9.26 Å². The fraction of sp³-hybridized carbons (Fsp3) is 0.267. The van der Waals surface area contributed by atoms with Gasteiger partial charge in [0.25, 0.3) is 0 Å². The molecule has 0 amide bonds. The van der Waals surface area contributed by atoms with E-state index in [0.29, 0.717) is 6.54 Å². The molecule has 6 heteroatoms. The summed E-state index contributed by atoms with van der Waals surface area (Å²) in [4.78, 5) is 0. The third kappa shape index (κ3) is 2.65. The first kappa shape index (κ1) is 13.4. The minimum Gasteiger partial charge on any atom is -0.496 e. The number of ether oxygens (including phenoxy) is 1. The molecular formula is C15H16N4O2. The van der Waals surface area contributed by atoms with Gasteiger partial charge >= 0.3 is 0 Å². The van der Waals surface area contributed by atoms with Gasteiger partial charge in [0.1, 0.15) is 17.7 Å². The van der Waals surface area contributed by atoms with E-state index >= 15 is 0 Å². The number of hydrogen-bond acceptors (Lipinski definition) is 5. The van der Waals surface area contributed by atoms with Gasteiger partial charge in [0.15, 0.2) is 0 Å². The fourth-order valence-corrected chi connectivity index (χ4v) is 2.23. The second-order valence-corrected chi connectivity index (χ2v) is 4.64. The average Bonchev–Trinajstić information content (AvgIpc) is 3.16. The van der Waals surface area contributed by atoms with Crippen molar-refractivity contribution in [3.05, 3.63) is 48.0 Å². The van der Waals surface area contributed by atoms with Gasteiger partial charge in [-0.05, 0) is 18.6 Å². The second-order valence-electron chi connectivity index (χ2n) is 4.64. The van der Waals surface area contributed by atoms with Gasteiger partial charge in [-0.1, -0.05) is 29.4 Å². The third-order valence-electron chi connectivity index (χ3n) is 3.32. The van der Waals surface area contributed by atoms with Gasteiger partial charge in [0, 0.05) is 11.1 Å². The monoisotopic (exact) mass is 284 g/mol. The summed E-state index contributed by atoms with van der Waals surface area (Å²) in [6, 6.07) is 7.75. The summed E-state index contributed by atoms with van der Waals surface area (Å²) in [6.45, 7) is 2.64. The third-order valence-corrected chi connectivity index (χ3v) is 3.32. The van der Waals surface area contributed by atoms with Crippen LogP contribution in [0.1, 0.15) is 18.2 Å². The molecule has 0 saturated carbocycles. The van der Waals surface area contributed by atoms with Crippen molar-refractivity contribution in [3.63, 3.8) is 0 Å². The van der Waals surface area contributed by atoms with Crippen molar-refractivity contribution in [1.82, 2.24) is 20.2 Å². The minimum atomic E-state index is 0.592. The summed E-state index contributed by atoms with van der Waals surface area (Å²) in [5.41, 5.74) is 3.67. The lowest BCUT2D eigenvalue weighted by Gasteiger charge is -2.04. The molecule has 0 radical (unpaired) electrons. The van der Waals surface area contributed by atoms with Crippen molar-refractivity contribution in [2.24, 2.45) is 0 Å². The molecule has 21 heavy (non-hydrogen) atoms. The van der Waals surface area contributed by atoms with Crippen molar-refractivity contribution < 1.29 is 9.26 Å². The Labute approximate surface area is 122 Å². The van der Waals surface area contributed by atoms with Gasteiger partial charge < -0.3 is 9.26 Å². The van der Waals surface area contributed by atoms with E-state index in [1.54, 1.807) is 18.1 Å². The summed E-state index contributed by atoms with van der Waals surface area (Å²) in [6.07, 6.45) is 4.38. The number of rotatable bonds is 5. The van der Waals surface area contributed by atoms with Gasteiger partial charge in [-0.2, -0.15) is 0 Å². The van der Waals surface area contributed by atoms with E-state index in [-0.39, 0.29) is 0 Å². The topological polar surface area (TPSA) is 66.0 Å². The Morgan fingerprint density at radius 1 is 1.29 bits per heavy atom. The maximum atomic E-state index is 5.35. The van der Waals surface area contributed by atoms with Crippen molar-refractivity contribution in [3.8, 4) is 17.0 Å². The number of benzene rings is 1. The quantitative estimate of drug-likeness (QED) is 0.720. The van der Waals surface area contributed by atoms with E-state index in [0.717, 1.165) is 34.7 Å². The predicted molar refractivity (Wildman–Crippen MR) is 77.0 cm³/mol. The summed E-state index contributed by atoms with van der Waals surface area (Å²) in [5, 5.41) is 12.3. The van der Waals surface area contributed by atoms with Crippen LogP contribution >= 0.6 is 0 Å². The second kappa shape index (κ2) is 5.78. The van der Waals surface area contributed by atoms with E-state index in [2.05, 4.69) is 15.5 Å². The number of nitrogens with zero attached hydrogens (tertiary/aromatic N) is 4. The van der Waals surface area contributed by atoms with Crippen LogP contribution < -0.4 is 4.74 Å². The minimum absolute atomic E-state index is 0.592. The van der Waals surface area contributed by atoms with Gasteiger partial charge in [-0.3, -0.25) is 0 Å². The lowest BCUT2D eigenvalue weighted by atomic mass is 10.1. The molecule has 3 aromatic rings. The Morgan fingerprint density at radius 3 is 2.95 bits per heavy atom.